The van der Waals surface area contributed by atoms with E-state index in [1.54, 1.807) is 11.0 Å². The smallest absolute Gasteiger partial charge is 0.410 e. The van der Waals surface area contributed by atoms with Crippen molar-refractivity contribution in [2.75, 3.05) is 13.1 Å². The molecule has 1 amide bonds. The van der Waals surface area contributed by atoms with Crippen LogP contribution in [0.15, 0.2) is 12.7 Å². The fourth-order valence-corrected chi connectivity index (χ4v) is 2.11. The van der Waals surface area contributed by atoms with E-state index in [0.29, 0.717) is 5.92 Å². The van der Waals surface area contributed by atoms with Crippen molar-refractivity contribution in [3.05, 3.63) is 12.7 Å². The highest BCUT2D eigenvalue weighted by Gasteiger charge is 2.29. The molecule has 1 saturated heterocycles. The maximum atomic E-state index is 11.9. The minimum absolute atomic E-state index is 0.0700. The highest BCUT2D eigenvalue weighted by molar-refractivity contribution is 5.68. The third kappa shape index (κ3) is 5.08. The number of hydrogen-bond donors (Lipinski definition) is 1. The molecule has 2 N–H and O–H groups in total. The second kappa shape index (κ2) is 6.23. The minimum atomic E-state index is -0.416. The molecule has 18 heavy (non-hydrogen) atoms. The van der Waals surface area contributed by atoms with Crippen LogP contribution in [0.5, 0.6) is 0 Å². The van der Waals surface area contributed by atoms with Gasteiger partial charge in [-0.25, -0.2) is 4.79 Å². The van der Waals surface area contributed by atoms with Crippen LogP contribution in [0.4, 0.5) is 4.79 Å². The van der Waals surface area contributed by atoms with Crippen LogP contribution >= 0.6 is 0 Å². The molecule has 4 nitrogen and oxygen atoms in total. The van der Waals surface area contributed by atoms with E-state index in [-0.39, 0.29) is 12.1 Å². The molecule has 2 atom stereocenters. The number of carbonyl (C=O) groups excluding carboxylic acids is 1. The standard InChI is InChI=1S/C14H26N2O2/c1-5-12(15)7-6-11-8-9-16(10-11)13(17)18-14(2,3)4/h5,11-12H,1,6-10,15H2,2-4H3/t11-,12?/m0/s1. The second-order valence-corrected chi connectivity index (χ2v) is 6.06. The molecule has 1 aliphatic rings. The molecule has 1 unspecified atom stereocenters. The zero-order valence-corrected chi connectivity index (χ0v) is 11.8. The SMILES string of the molecule is C=CC(N)CC[C@H]1CCN(C(=O)OC(C)(C)C)C1. The summed E-state index contributed by atoms with van der Waals surface area (Å²) >= 11 is 0. The number of likely N-dealkylation sites (tertiary alicyclic amines) is 1. The Kier molecular flexibility index (Phi) is 5.20. The molecule has 0 spiro atoms. The first-order chi connectivity index (χ1) is 8.31. The Balaban J connectivity index is 2.32. The summed E-state index contributed by atoms with van der Waals surface area (Å²) in [7, 11) is 0. The number of carbonyl (C=O) groups is 1. The maximum Gasteiger partial charge on any atom is 0.410 e. The molecule has 104 valence electrons. The van der Waals surface area contributed by atoms with Crippen LogP contribution < -0.4 is 5.73 Å². The molecule has 4 heteroatoms. The second-order valence-electron chi connectivity index (χ2n) is 6.06. The molecule has 0 aromatic heterocycles. The van der Waals surface area contributed by atoms with Gasteiger partial charge in [0.25, 0.3) is 0 Å². The van der Waals surface area contributed by atoms with Gasteiger partial charge in [0.15, 0.2) is 0 Å². The zero-order chi connectivity index (χ0) is 13.8. The predicted molar refractivity (Wildman–Crippen MR) is 73.3 cm³/mol. The highest BCUT2D eigenvalue weighted by atomic mass is 16.6. The fraction of sp³-hybridized carbons (Fsp3) is 0.786. The minimum Gasteiger partial charge on any atom is -0.444 e. The first-order valence-electron chi connectivity index (χ1n) is 6.68. The fourth-order valence-electron chi connectivity index (χ4n) is 2.11. The molecule has 0 radical (unpaired) electrons. The lowest BCUT2D eigenvalue weighted by Gasteiger charge is -2.24. The molecule has 1 aliphatic heterocycles. The van der Waals surface area contributed by atoms with Crippen molar-refractivity contribution in [2.45, 2.75) is 51.7 Å². The monoisotopic (exact) mass is 254 g/mol. The number of nitrogens with zero attached hydrogens (tertiary/aromatic N) is 1. The summed E-state index contributed by atoms with van der Waals surface area (Å²) < 4.78 is 5.36. The zero-order valence-electron chi connectivity index (χ0n) is 11.8. The third-order valence-electron chi connectivity index (χ3n) is 3.15. The molecule has 0 aliphatic carbocycles. The van der Waals surface area contributed by atoms with Crippen molar-refractivity contribution in [3.8, 4) is 0 Å². The molecule has 1 heterocycles. The summed E-state index contributed by atoms with van der Waals surface area (Å²) in [6.45, 7) is 10.9. The summed E-state index contributed by atoms with van der Waals surface area (Å²) in [5.41, 5.74) is 5.39. The molecule has 1 rings (SSSR count). The van der Waals surface area contributed by atoms with Crippen LogP contribution in [0.2, 0.25) is 0 Å². The van der Waals surface area contributed by atoms with Gasteiger partial charge in [0.2, 0.25) is 0 Å². The molecule has 0 aromatic rings. The van der Waals surface area contributed by atoms with Gasteiger partial charge in [-0.05, 0) is 46.0 Å². The number of hydrogen-bond acceptors (Lipinski definition) is 3. The van der Waals surface area contributed by atoms with Gasteiger partial charge >= 0.3 is 6.09 Å². The predicted octanol–water partition coefficient (Wildman–Crippen LogP) is 2.54. The quantitative estimate of drug-likeness (QED) is 0.784. The van der Waals surface area contributed by atoms with E-state index >= 15 is 0 Å². The van der Waals surface area contributed by atoms with Crippen LogP contribution in [0.1, 0.15) is 40.0 Å². The van der Waals surface area contributed by atoms with Gasteiger partial charge in [-0.15, -0.1) is 6.58 Å². The topological polar surface area (TPSA) is 55.6 Å². The van der Waals surface area contributed by atoms with Gasteiger partial charge < -0.3 is 15.4 Å². The van der Waals surface area contributed by atoms with E-state index < -0.39 is 5.60 Å². The van der Waals surface area contributed by atoms with Crippen molar-refractivity contribution >= 4 is 6.09 Å². The van der Waals surface area contributed by atoms with Crippen molar-refractivity contribution in [1.29, 1.82) is 0 Å². The highest BCUT2D eigenvalue weighted by Crippen LogP contribution is 2.23. The molecular formula is C14H26N2O2. The number of ether oxygens (including phenoxy) is 1. The van der Waals surface area contributed by atoms with Crippen molar-refractivity contribution in [3.63, 3.8) is 0 Å². The van der Waals surface area contributed by atoms with E-state index in [1.165, 1.54) is 0 Å². The number of amides is 1. The Hall–Kier alpha value is -1.03. The molecule has 1 fully saturated rings. The van der Waals surface area contributed by atoms with E-state index in [0.717, 1.165) is 32.4 Å². The lowest BCUT2D eigenvalue weighted by atomic mass is 9.99. The van der Waals surface area contributed by atoms with Gasteiger partial charge in [-0.3, -0.25) is 0 Å². The average molecular weight is 254 g/mol. The van der Waals surface area contributed by atoms with E-state index in [2.05, 4.69) is 6.58 Å². The Morgan fingerprint density at radius 3 is 2.83 bits per heavy atom. The van der Waals surface area contributed by atoms with Crippen molar-refractivity contribution in [1.82, 2.24) is 4.90 Å². The molecule has 0 aromatic carbocycles. The lowest BCUT2D eigenvalue weighted by Crippen LogP contribution is -2.35. The van der Waals surface area contributed by atoms with Crippen LogP contribution in [-0.2, 0) is 4.74 Å². The summed E-state index contributed by atoms with van der Waals surface area (Å²) in [5.74, 6) is 0.545. The first-order valence-corrected chi connectivity index (χ1v) is 6.68. The van der Waals surface area contributed by atoms with Gasteiger partial charge in [0.05, 0.1) is 0 Å². The third-order valence-corrected chi connectivity index (χ3v) is 3.15. The van der Waals surface area contributed by atoms with Crippen LogP contribution in [-0.4, -0.2) is 35.7 Å². The van der Waals surface area contributed by atoms with Crippen LogP contribution in [0, 0.1) is 5.92 Å². The van der Waals surface area contributed by atoms with E-state index in [9.17, 15) is 4.79 Å². The normalized spacial score (nSPS) is 21.8. The Labute approximate surface area is 110 Å². The summed E-state index contributed by atoms with van der Waals surface area (Å²) in [4.78, 5) is 13.7. The van der Waals surface area contributed by atoms with Gasteiger partial charge in [-0.1, -0.05) is 6.08 Å². The van der Waals surface area contributed by atoms with Gasteiger partial charge in [-0.2, -0.15) is 0 Å². The Morgan fingerprint density at radius 2 is 2.28 bits per heavy atom. The van der Waals surface area contributed by atoms with Gasteiger partial charge in [0, 0.05) is 19.1 Å². The summed E-state index contributed by atoms with van der Waals surface area (Å²) in [6.07, 6.45) is 4.62. The number of rotatable bonds is 4. The summed E-state index contributed by atoms with van der Waals surface area (Å²) in [6, 6.07) is 0.0700. The first kappa shape index (κ1) is 15.0. The maximum absolute atomic E-state index is 11.9. The largest absolute Gasteiger partial charge is 0.444 e. The van der Waals surface area contributed by atoms with Crippen LogP contribution in [0.3, 0.4) is 0 Å². The van der Waals surface area contributed by atoms with Crippen LogP contribution in [0.25, 0.3) is 0 Å². The Bertz CT molecular complexity index is 297. The molecular weight excluding hydrogens is 228 g/mol. The Morgan fingerprint density at radius 1 is 1.61 bits per heavy atom. The average Bonchev–Trinajstić information content (AvgIpc) is 2.72. The van der Waals surface area contributed by atoms with E-state index in [1.807, 2.05) is 20.8 Å². The van der Waals surface area contributed by atoms with Crippen molar-refractivity contribution < 1.29 is 9.53 Å². The summed E-state index contributed by atoms with van der Waals surface area (Å²) in [5, 5.41) is 0. The van der Waals surface area contributed by atoms with E-state index in [4.69, 9.17) is 10.5 Å². The van der Waals surface area contributed by atoms with Gasteiger partial charge in [0.1, 0.15) is 5.60 Å². The number of nitrogens with two attached hydrogens (primary N) is 1. The lowest BCUT2D eigenvalue weighted by molar-refractivity contribution is 0.0287. The molecule has 0 bridgehead atoms. The van der Waals surface area contributed by atoms with Crippen molar-refractivity contribution in [2.24, 2.45) is 11.7 Å². The molecule has 0 saturated carbocycles.